The molecule has 0 saturated heterocycles. The first-order valence-electron chi connectivity index (χ1n) is 9.57. The molecule has 0 unspecified atom stereocenters. The van der Waals surface area contributed by atoms with Crippen LogP contribution in [0.1, 0.15) is 47.5 Å². The Morgan fingerprint density at radius 2 is 1.77 bits per heavy atom. The highest BCUT2D eigenvalue weighted by atomic mass is 16.2. The molecule has 1 aromatic heterocycles. The summed E-state index contributed by atoms with van der Waals surface area (Å²) in [6.07, 6.45) is 5.05. The second kappa shape index (κ2) is 11.4. The highest BCUT2D eigenvalue weighted by molar-refractivity contribution is 5.94. The summed E-state index contributed by atoms with van der Waals surface area (Å²) in [4.78, 5) is 32.0. The molecule has 0 atom stereocenters. The molecule has 0 aliphatic heterocycles. The quantitative estimate of drug-likeness (QED) is 0.592. The van der Waals surface area contributed by atoms with Crippen LogP contribution in [0.15, 0.2) is 11.2 Å². The third-order valence-corrected chi connectivity index (χ3v) is 4.20. The first-order chi connectivity index (χ1) is 12.6. The third-order valence-electron chi connectivity index (χ3n) is 4.20. The predicted octanol–water partition coefficient (Wildman–Crippen LogP) is 3.93. The third kappa shape index (κ3) is 5.41. The molecule has 26 heavy (non-hydrogen) atoms. The Morgan fingerprint density at radius 1 is 1.12 bits per heavy atom. The number of amides is 2. The summed E-state index contributed by atoms with van der Waals surface area (Å²) in [5.41, 5.74) is 0.639. The number of anilines is 2. The molecule has 0 fully saturated rings. The van der Waals surface area contributed by atoms with Gasteiger partial charge in [0.2, 0.25) is 5.95 Å². The van der Waals surface area contributed by atoms with Crippen LogP contribution in [-0.2, 0) is 0 Å². The smallest absolute Gasteiger partial charge is 0.324 e. The first-order valence-corrected chi connectivity index (χ1v) is 9.57. The van der Waals surface area contributed by atoms with Crippen LogP contribution in [0.25, 0.3) is 0 Å². The van der Waals surface area contributed by atoms with Gasteiger partial charge >= 0.3 is 6.03 Å². The minimum Gasteiger partial charge on any atom is -0.341 e. The molecule has 0 aliphatic carbocycles. The molecule has 0 N–H and O–H groups in total. The van der Waals surface area contributed by atoms with Crippen molar-refractivity contribution in [3.05, 3.63) is 13.1 Å². The van der Waals surface area contributed by atoms with Crippen molar-refractivity contribution >= 4 is 29.7 Å². The standard InChI is InChI=1S/C19H33N6O/c1-7-13-14-20-17-16(15-21-18(22-17)23(8-2)9-3)25(12-6)19(26)24(10-4)11-5/h14-15H,1,7-13H2,2-6H3. The molecule has 1 radical (unpaired) electrons. The molecule has 2 amide bonds. The molecular formula is C19H33N6O. The number of unbranched alkanes of at least 4 members (excludes halogenated alkanes) is 1. The number of aromatic nitrogens is 2. The lowest BCUT2D eigenvalue weighted by Crippen LogP contribution is -2.43. The van der Waals surface area contributed by atoms with E-state index in [2.05, 4.69) is 40.6 Å². The number of carbonyl (C=O) groups is 1. The maximum Gasteiger partial charge on any atom is 0.324 e. The number of hydrogen-bond donors (Lipinski definition) is 0. The average molecular weight is 362 g/mol. The van der Waals surface area contributed by atoms with Crippen LogP contribution in [0.2, 0.25) is 0 Å². The van der Waals surface area contributed by atoms with Crippen LogP contribution < -0.4 is 9.80 Å². The van der Waals surface area contributed by atoms with Crippen molar-refractivity contribution in [2.75, 3.05) is 42.5 Å². The second-order valence-electron chi connectivity index (χ2n) is 5.70. The lowest BCUT2D eigenvalue weighted by atomic mass is 10.3. The van der Waals surface area contributed by atoms with Crippen molar-refractivity contribution in [2.24, 2.45) is 4.99 Å². The van der Waals surface area contributed by atoms with E-state index in [4.69, 9.17) is 0 Å². The molecule has 0 aliphatic rings. The Morgan fingerprint density at radius 3 is 2.27 bits per heavy atom. The van der Waals surface area contributed by atoms with Gasteiger partial charge in [-0.3, -0.25) is 4.90 Å². The van der Waals surface area contributed by atoms with E-state index in [1.54, 1.807) is 22.2 Å². The monoisotopic (exact) mass is 361 g/mol. The Balaban J connectivity index is 3.34. The van der Waals surface area contributed by atoms with Gasteiger partial charge in [0.05, 0.1) is 6.20 Å². The van der Waals surface area contributed by atoms with Crippen LogP contribution in [-0.4, -0.2) is 59.8 Å². The van der Waals surface area contributed by atoms with E-state index in [1.165, 1.54) is 0 Å². The molecule has 7 heteroatoms. The van der Waals surface area contributed by atoms with E-state index in [0.29, 0.717) is 37.1 Å². The van der Waals surface area contributed by atoms with Gasteiger partial charge in [-0.1, -0.05) is 6.92 Å². The van der Waals surface area contributed by atoms with Crippen LogP contribution in [0.5, 0.6) is 0 Å². The van der Waals surface area contributed by atoms with Gasteiger partial charge in [-0.2, -0.15) is 4.98 Å². The minimum absolute atomic E-state index is 0.0507. The van der Waals surface area contributed by atoms with Gasteiger partial charge in [0.25, 0.3) is 0 Å². The van der Waals surface area contributed by atoms with Gasteiger partial charge in [-0.25, -0.2) is 14.8 Å². The van der Waals surface area contributed by atoms with Crippen LogP contribution in [0, 0.1) is 6.92 Å². The van der Waals surface area contributed by atoms with Gasteiger partial charge in [-0.05, 0) is 47.5 Å². The lowest BCUT2D eigenvalue weighted by Gasteiger charge is -2.29. The van der Waals surface area contributed by atoms with Crippen LogP contribution in [0.4, 0.5) is 22.2 Å². The maximum atomic E-state index is 12.9. The molecule has 0 spiro atoms. The zero-order valence-corrected chi connectivity index (χ0v) is 16.9. The van der Waals surface area contributed by atoms with Crippen molar-refractivity contribution in [2.45, 2.75) is 47.5 Å². The van der Waals surface area contributed by atoms with Gasteiger partial charge in [-0.15, -0.1) is 0 Å². The zero-order chi connectivity index (χ0) is 19.5. The summed E-state index contributed by atoms with van der Waals surface area (Å²) in [7, 11) is 0. The fourth-order valence-electron chi connectivity index (χ4n) is 2.62. The first kappa shape index (κ1) is 21.9. The highest BCUT2D eigenvalue weighted by Gasteiger charge is 2.23. The molecule has 0 bridgehead atoms. The molecule has 0 saturated carbocycles. The van der Waals surface area contributed by atoms with Crippen molar-refractivity contribution in [1.29, 1.82) is 0 Å². The predicted molar refractivity (Wildman–Crippen MR) is 110 cm³/mol. The van der Waals surface area contributed by atoms with E-state index < -0.39 is 0 Å². The Kier molecular flexibility index (Phi) is 9.62. The van der Waals surface area contributed by atoms with Crippen molar-refractivity contribution < 1.29 is 4.79 Å². The van der Waals surface area contributed by atoms with Crippen LogP contribution in [0.3, 0.4) is 0 Å². The normalized spacial score (nSPS) is 11.0. The zero-order valence-electron chi connectivity index (χ0n) is 16.9. The molecule has 1 rings (SSSR count). The molecule has 7 nitrogen and oxygen atoms in total. The lowest BCUT2D eigenvalue weighted by molar-refractivity contribution is 0.210. The summed E-state index contributed by atoms with van der Waals surface area (Å²) in [5.74, 6) is 1.16. The van der Waals surface area contributed by atoms with Gasteiger partial charge in [0.15, 0.2) is 5.82 Å². The second-order valence-corrected chi connectivity index (χ2v) is 5.70. The van der Waals surface area contributed by atoms with E-state index in [1.807, 2.05) is 20.8 Å². The fourth-order valence-corrected chi connectivity index (χ4v) is 2.62. The Labute approximate surface area is 158 Å². The van der Waals surface area contributed by atoms with Crippen LogP contribution >= 0.6 is 0 Å². The number of hydrogen-bond acceptors (Lipinski definition) is 5. The summed E-state index contributed by atoms with van der Waals surface area (Å²) in [6, 6.07) is -0.0507. The SMILES string of the molecule is [CH2]CCC=Nc1nc(N(CC)CC)ncc1N(CC)C(=O)N(CC)CC. The Bertz CT molecular complexity index is 581. The average Bonchev–Trinajstić information content (AvgIpc) is 2.66. The van der Waals surface area contributed by atoms with Gasteiger partial charge in [0, 0.05) is 38.9 Å². The van der Waals surface area contributed by atoms with E-state index in [9.17, 15) is 4.79 Å². The van der Waals surface area contributed by atoms with Crippen molar-refractivity contribution in [3.63, 3.8) is 0 Å². The summed E-state index contributed by atoms with van der Waals surface area (Å²) < 4.78 is 0. The minimum atomic E-state index is -0.0507. The van der Waals surface area contributed by atoms with E-state index >= 15 is 0 Å². The fraction of sp³-hybridized carbons (Fsp3) is 0.632. The molecule has 1 heterocycles. The maximum absolute atomic E-state index is 12.9. The van der Waals surface area contributed by atoms with Crippen molar-refractivity contribution in [3.8, 4) is 0 Å². The number of aliphatic imine (C=N–C) groups is 1. The molecule has 1 aromatic rings. The molecule has 0 aromatic carbocycles. The number of rotatable bonds is 10. The summed E-state index contributed by atoms with van der Waals surface area (Å²) >= 11 is 0. The molecular weight excluding hydrogens is 328 g/mol. The number of nitrogens with zero attached hydrogens (tertiary/aromatic N) is 6. The van der Waals surface area contributed by atoms with Gasteiger partial charge < -0.3 is 9.80 Å². The summed E-state index contributed by atoms with van der Waals surface area (Å²) in [5, 5.41) is 0. The topological polar surface area (TPSA) is 64.9 Å². The number of carbonyl (C=O) groups excluding carboxylic acids is 1. The van der Waals surface area contributed by atoms with Crippen molar-refractivity contribution in [1.82, 2.24) is 14.9 Å². The number of urea groups is 1. The molecule has 145 valence electrons. The summed E-state index contributed by atoms with van der Waals surface area (Å²) in [6.45, 7) is 17.3. The van der Waals surface area contributed by atoms with Gasteiger partial charge in [0.1, 0.15) is 5.69 Å². The van der Waals surface area contributed by atoms with E-state index in [0.717, 1.165) is 25.9 Å². The Hall–Kier alpha value is -2.18. The van der Waals surface area contributed by atoms with E-state index in [-0.39, 0.29) is 6.03 Å². The highest BCUT2D eigenvalue weighted by Crippen LogP contribution is 2.28. The largest absolute Gasteiger partial charge is 0.341 e.